The van der Waals surface area contributed by atoms with Crippen molar-refractivity contribution in [3.8, 4) is 0 Å². The normalized spacial score (nSPS) is 17.9. The van der Waals surface area contributed by atoms with Gasteiger partial charge in [-0.2, -0.15) is 0 Å². The maximum Gasteiger partial charge on any atom is 0.328 e. The Morgan fingerprint density at radius 2 is 1.83 bits per heavy atom. The molecule has 0 radical (unpaired) electrons. The predicted octanol–water partition coefficient (Wildman–Crippen LogP) is 2.96. The zero-order chi connectivity index (χ0) is 13.6. The Morgan fingerprint density at radius 1 is 1.22 bits per heavy atom. The van der Waals surface area contributed by atoms with Gasteiger partial charge in [0.25, 0.3) is 0 Å². The Hall–Kier alpha value is -1.10. The van der Waals surface area contributed by atoms with E-state index in [1.54, 1.807) is 0 Å². The molecule has 0 spiro atoms. The zero-order valence-corrected chi connectivity index (χ0v) is 12.1. The van der Waals surface area contributed by atoms with Gasteiger partial charge in [0, 0.05) is 12.2 Å². The quantitative estimate of drug-likeness (QED) is 0.616. The predicted molar refractivity (Wildman–Crippen MR) is 71.7 cm³/mol. The van der Waals surface area contributed by atoms with Crippen molar-refractivity contribution in [3.63, 3.8) is 0 Å². The summed E-state index contributed by atoms with van der Waals surface area (Å²) in [5, 5.41) is 8.44. The highest BCUT2D eigenvalue weighted by Gasteiger charge is 2.30. The number of carbonyl (C=O) groups excluding carboxylic acids is 1. The summed E-state index contributed by atoms with van der Waals surface area (Å²) in [6, 6.07) is 0.986. The summed E-state index contributed by atoms with van der Waals surface area (Å²) in [4.78, 5) is 21.8. The Bertz CT molecular complexity index is 330. The van der Waals surface area contributed by atoms with Crippen LogP contribution in [0, 0.1) is 5.92 Å². The number of carboxylic acids is 1. The number of hydrogen-bond donors (Lipinski definition) is 1. The molecular formula is C13H22O4Si. The van der Waals surface area contributed by atoms with E-state index in [0.29, 0.717) is 5.92 Å². The van der Waals surface area contributed by atoms with Gasteiger partial charge in [-0.15, -0.1) is 0 Å². The first-order valence-electron chi connectivity index (χ1n) is 6.53. The second kappa shape index (κ2) is 6.73. The van der Waals surface area contributed by atoms with Gasteiger partial charge >= 0.3 is 11.9 Å². The number of carbonyl (C=O) groups is 2. The van der Waals surface area contributed by atoms with E-state index in [-0.39, 0.29) is 0 Å². The van der Waals surface area contributed by atoms with Gasteiger partial charge in [-0.05, 0) is 25.1 Å². The van der Waals surface area contributed by atoms with Crippen LogP contribution in [0.2, 0.25) is 19.1 Å². The lowest BCUT2D eigenvalue weighted by molar-refractivity contribution is -0.133. The summed E-state index contributed by atoms with van der Waals surface area (Å²) in [5.74, 6) is -0.972. The van der Waals surface area contributed by atoms with Gasteiger partial charge in [-0.1, -0.05) is 32.1 Å². The van der Waals surface area contributed by atoms with Gasteiger partial charge < -0.3 is 9.53 Å². The van der Waals surface area contributed by atoms with Crippen LogP contribution in [0.5, 0.6) is 0 Å². The highest BCUT2D eigenvalue weighted by molar-refractivity contribution is 6.72. The maximum absolute atomic E-state index is 11.5. The van der Waals surface area contributed by atoms with Gasteiger partial charge in [0.1, 0.15) is 0 Å². The highest BCUT2D eigenvalue weighted by Crippen LogP contribution is 2.31. The Labute approximate surface area is 109 Å². The third-order valence-electron chi connectivity index (χ3n) is 3.24. The number of aliphatic carboxylic acids is 1. The van der Waals surface area contributed by atoms with Crippen molar-refractivity contribution in [2.75, 3.05) is 0 Å². The van der Waals surface area contributed by atoms with Gasteiger partial charge in [-0.3, -0.25) is 0 Å². The molecule has 0 atom stereocenters. The van der Waals surface area contributed by atoms with Crippen LogP contribution in [0.15, 0.2) is 12.2 Å². The minimum Gasteiger partial charge on any atom is -0.517 e. The molecule has 0 aromatic rings. The molecule has 5 heteroatoms. The van der Waals surface area contributed by atoms with Crippen LogP contribution in [-0.2, 0) is 14.0 Å². The molecular weight excluding hydrogens is 248 g/mol. The first-order chi connectivity index (χ1) is 8.39. The minimum atomic E-state index is -2.02. The number of carboxylic acid groups (broad SMARTS) is 1. The molecule has 1 aliphatic rings. The van der Waals surface area contributed by atoms with Crippen molar-refractivity contribution in [2.24, 2.45) is 5.92 Å². The van der Waals surface area contributed by atoms with Crippen molar-refractivity contribution in [1.29, 1.82) is 0 Å². The monoisotopic (exact) mass is 270 g/mol. The van der Waals surface area contributed by atoms with Gasteiger partial charge in [0.05, 0.1) is 0 Å². The van der Waals surface area contributed by atoms with Crippen molar-refractivity contribution < 1.29 is 19.1 Å². The van der Waals surface area contributed by atoms with Crippen molar-refractivity contribution in [1.82, 2.24) is 0 Å². The molecule has 18 heavy (non-hydrogen) atoms. The molecule has 0 heterocycles. The topological polar surface area (TPSA) is 63.6 Å². The second-order valence-electron chi connectivity index (χ2n) is 5.56. The summed E-state index contributed by atoms with van der Waals surface area (Å²) in [5.41, 5.74) is 0. The van der Waals surface area contributed by atoms with E-state index in [1.165, 1.54) is 32.1 Å². The fourth-order valence-electron chi connectivity index (χ4n) is 2.57. The van der Waals surface area contributed by atoms with Crippen LogP contribution in [0.1, 0.15) is 32.1 Å². The Kier molecular flexibility index (Phi) is 5.59. The summed E-state index contributed by atoms with van der Waals surface area (Å²) in [7, 11) is -2.02. The number of hydrogen-bond acceptors (Lipinski definition) is 3. The molecule has 4 nitrogen and oxygen atoms in total. The SMILES string of the molecule is C[Si](C)(CC1CCCCC1)OC(=O)C=CC(=O)O. The summed E-state index contributed by atoms with van der Waals surface area (Å²) in [6.07, 6.45) is 8.17. The molecule has 0 aliphatic heterocycles. The van der Waals surface area contributed by atoms with E-state index in [4.69, 9.17) is 9.53 Å². The smallest absolute Gasteiger partial charge is 0.328 e. The third kappa shape index (κ3) is 6.00. The Morgan fingerprint density at radius 3 is 2.39 bits per heavy atom. The minimum absolute atomic E-state index is 0.523. The average Bonchev–Trinajstić information content (AvgIpc) is 2.26. The molecule has 1 rings (SSSR count). The van der Waals surface area contributed by atoms with Crippen LogP contribution in [0.3, 0.4) is 0 Å². The lowest BCUT2D eigenvalue weighted by Gasteiger charge is -2.29. The molecule has 0 aromatic heterocycles. The molecule has 0 bridgehead atoms. The summed E-state index contributed by atoms with van der Waals surface area (Å²) >= 11 is 0. The molecule has 0 aromatic carbocycles. The molecule has 0 amide bonds. The average molecular weight is 270 g/mol. The van der Waals surface area contributed by atoms with E-state index in [1.807, 2.05) is 13.1 Å². The van der Waals surface area contributed by atoms with Crippen molar-refractivity contribution in [2.45, 2.75) is 51.2 Å². The van der Waals surface area contributed by atoms with E-state index in [2.05, 4.69) is 0 Å². The van der Waals surface area contributed by atoms with Gasteiger partial charge in [0.2, 0.25) is 8.32 Å². The van der Waals surface area contributed by atoms with Crippen LogP contribution >= 0.6 is 0 Å². The van der Waals surface area contributed by atoms with E-state index < -0.39 is 20.3 Å². The fourth-order valence-corrected chi connectivity index (χ4v) is 5.07. The maximum atomic E-state index is 11.5. The molecule has 1 fully saturated rings. The van der Waals surface area contributed by atoms with Crippen molar-refractivity contribution in [3.05, 3.63) is 12.2 Å². The van der Waals surface area contributed by atoms with E-state index in [0.717, 1.165) is 18.2 Å². The molecule has 0 unspecified atom stereocenters. The van der Waals surface area contributed by atoms with Crippen LogP contribution in [0.4, 0.5) is 0 Å². The molecule has 0 saturated heterocycles. The summed E-state index contributed by atoms with van der Waals surface area (Å²) < 4.78 is 5.44. The molecule has 1 aliphatic carbocycles. The molecule has 102 valence electrons. The lowest BCUT2D eigenvalue weighted by atomic mass is 9.91. The first-order valence-corrected chi connectivity index (χ1v) is 9.64. The molecule has 1 saturated carbocycles. The van der Waals surface area contributed by atoms with E-state index in [9.17, 15) is 9.59 Å². The lowest BCUT2D eigenvalue weighted by Crippen LogP contribution is -2.35. The largest absolute Gasteiger partial charge is 0.517 e. The van der Waals surface area contributed by atoms with Crippen LogP contribution in [0.25, 0.3) is 0 Å². The van der Waals surface area contributed by atoms with Gasteiger partial charge in [-0.25, -0.2) is 9.59 Å². The second-order valence-corrected chi connectivity index (χ2v) is 9.69. The van der Waals surface area contributed by atoms with Crippen LogP contribution in [-0.4, -0.2) is 25.4 Å². The van der Waals surface area contributed by atoms with Crippen molar-refractivity contribution >= 4 is 20.3 Å². The Balaban J connectivity index is 2.42. The third-order valence-corrected chi connectivity index (χ3v) is 5.56. The first kappa shape index (κ1) is 15.0. The standard InChI is InChI=1S/C13H22O4Si/c1-18(2,10-11-6-4-3-5-7-11)17-13(16)9-8-12(14)15/h8-9,11H,3-7,10H2,1-2H3,(H,14,15). The zero-order valence-electron chi connectivity index (χ0n) is 11.1. The highest BCUT2D eigenvalue weighted by atomic mass is 28.4. The molecule has 1 N–H and O–H groups in total. The number of rotatable bonds is 5. The van der Waals surface area contributed by atoms with Gasteiger partial charge in [0.15, 0.2) is 0 Å². The van der Waals surface area contributed by atoms with E-state index >= 15 is 0 Å². The fraction of sp³-hybridized carbons (Fsp3) is 0.692. The van der Waals surface area contributed by atoms with Crippen LogP contribution < -0.4 is 0 Å². The summed E-state index contributed by atoms with van der Waals surface area (Å²) in [6.45, 7) is 4.04.